The molecule has 2 unspecified atom stereocenters. The van der Waals surface area contributed by atoms with E-state index in [0.717, 1.165) is 25.2 Å². The highest BCUT2D eigenvalue weighted by molar-refractivity contribution is 5.81. The molecule has 2 N–H and O–H groups in total. The predicted octanol–water partition coefficient (Wildman–Crippen LogP) is 2.57. The Bertz CT molecular complexity index is 342. The van der Waals surface area contributed by atoms with Crippen molar-refractivity contribution in [2.45, 2.75) is 64.3 Å². The third kappa shape index (κ3) is 3.95. The molecule has 1 amide bonds. The van der Waals surface area contributed by atoms with Crippen LogP contribution in [0.3, 0.4) is 0 Å². The number of aliphatic carboxylic acids is 1. The molecule has 0 bridgehead atoms. The zero-order chi connectivity index (χ0) is 13.8. The lowest BCUT2D eigenvalue weighted by molar-refractivity contribution is -0.141. The molecule has 0 aliphatic heterocycles. The van der Waals surface area contributed by atoms with E-state index in [0.29, 0.717) is 18.9 Å². The van der Waals surface area contributed by atoms with Crippen LogP contribution in [0, 0.1) is 17.8 Å². The fourth-order valence-electron chi connectivity index (χ4n) is 3.39. The maximum absolute atomic E-state index is 12.2. The first-order chi connectivity index (χ1) is 9.06. The average Bonchev–Trinajstić information content (AvgIpc) is 2.77. The van der Waals surface area contributed by atoms with Crippen molar-refractivity contribution in [3.05, 3.63) is 0 Å². The first-order valence-corrected chi connectivity index (χ1v) is 7.59. The monoisotopic (exact) mass is 267 g/mol. The van der Waals surface area contributed by atoms with Crippen LogP contribution >= 0.6 is 0 Å². The van der Waals surface area contributed by atoms with Crippen LogP contribution in [0.5, 0.6) is 0 Å². The van der Waals surface area contributed by atoms with Gasteiger partial charge >= 0.3 is 5.97 Å². The Morgan fingerprint density at radius 3 is 2.42 bits per heavy atom. The molecule has 2 fully saturated rings. The number of carbonyl (C=O) groups is 2. The molecule has 0 heterocycles. The lowest BCUT2D eigenvalue weighted by Crippen LogP contribution is -2.38. The van der Waals surface area contributed by atoms with E-state index in [4.69, 9.17) is 5.11 Å². The Labute approximate surface area is 115 Å². The summed E-state index contributed by atoms with van der Waals surface area (Å²) in [6.07, 6.45) is 7.68. The van der Waals surface area contributed by atoms with Crippen molar-refractivity contribution in [2.24, 2.45) is 17.8 Å². The van der Waals surface area contributed by atoms with E-state index in [1.807, 2.05) is 0 Å². The van der Waals surface area contributed by atoms with Gasteiger partial charge in [-0.25, -0.2) is 0 Å². The Morgan fingerprint density at radius 2 is 1.74 bits per heavy atom. The fraction of sp³-hybridized carbons (Fsp3) is 0.867. The molecule has 19 heavy (non-hydrogen) atoms. The zero-order valence-corrected chi connectivity index (χ0v) is 11.7. The van der Waals surface area contributed by atoms with E-state index < -0.39 is 5.97 Å². The third-order valence-electron chi connectivity index (χ3n) is 4.76. The molecular formula is C15H25NO3. The van der Waals surface area contributed by atoms with Crippen molar-refractivity contribution in [1.29, 1.82) is 0 Å². The molecular weight excluding hydrogens is 242 g/mol. The number of hydrogen-bond acceptors (Lipinski definition) is 2. The second kappa shape index (κ2) is 6.40. The summed E-state index contributed by atoms with van der Waals surface area (Å²) in [6, 6.07) is 0.307. The second-order valence-electron chi connectivity index (χ2n) is 6.36. The Hall–Kier alpha value is -1.06. The van der Waals surface area contributed by atoms with Crippen molar-refractivity contribution < 1.29 is 14.7 Å². The van der Waals surface area contributed by atoms with Gasteiger partial charge in [-0.1, -0.05) is 19.8 Å². The van der Waals surface area contributed by atoms with Gasteiger partial charge in [0.05, 0.1) is 5.92 Å². The van der Waals surface area contributed by atoms with Crippen molar-refractivity contribution >= 4 is 11.9 Å². The summed E-state index contributed by atoms with van der Waals surface area (Å²) in [7, 11) is 0. The Balaban J connectivity index is 1.79. The minimum absolute atomic E-state index is 0.0817. The lowest BCUT2D eigenvalue weighted by Gasteiger charge is -2.19. The van der Waals surface area contributed by atoms with E-state index >= 15 is 0 Å². The summed E-state index contributed by atoms with van der Waals surface area (Å²) < 4.78 is 0. The summed E-state index contributed by atoms with van der Waals surface area (Å²) >= 11 is 0. The molecule has 4 atom stereocenters. The highest BCUT2D eigenvalue weighted by atomic mass is 16.4. The molecule has 0 aromatic rings. The van der Waals surface area contributed by atoms with Crippen LogP contribution < -0.4 is 5.32 Å². The van der Waals surface area contributed by atoms with Crippen molar-refractivity contribution in [1.82, 2.24) is 5.32 Å². The molecule has 2 aliphatic rings. The van der Waals surface area contributed by atoms with E-state index in [-0.39, 0.29) is 17.7 Å². The van der Waals surface area contributed by atoms with Crippen LogP contribution in [0.2, 0.25) is 0 Å². The largest absolute Gasteiger partial charge is 0.481 e. The van der Waals surface area contributed by atoms with E-state index in [1.54, 1.807) is 0 Å². The number of hydrogen-bond donors (Lipinski definition) is 2. The molecule has 4 nitrogen and oxygen atoms in total. The van der Waals surface area contributed by atoms with Crippen LogP contribution in [0.25, 0.3) is 0 Å². The molecule has 2 saturated carbocycles. The molecule has 2 rings (SSSR count). The van der Waals surface area contributed by atoms with Crippen LogP contribution in [-0.4, -0.2) is 23.0 Å². The van der Waals surface area contributed by atoms with Gasteiger partial charge in [0.15, 0.2) is 0 Å². The number of rotatable bonds is 3. The molecule has 0 aromatic heterocycles. The quantitative estimate of drug-likeness (QED) is 0.772. The number of carboxylic acids is 1. The highest BCUT2D eigenvalue weighted by Crippen LogP contribution is 2.31. The van der Waals surface area contributed by atoms with Gasteiger partial charge in [0.1, 0.15) is 0 Å². The van der Waals surface area contributed by atoms with Gasteiger partial charge < -0.3 is 10.4 Å². The molecule has 0 saturated heterocycles. The summed E-state index contributed by atoms with van der Waals surface area (Å²) in [5, 5.41) is 12.1. The maximum atomic E-state index is 12.2. The molecule has 0 aromatic carbocycles. The van der Waals surface area contributed by atoms with E-state index in [1.165, 1.54) is 19.3 Å². The zero-order valence-electron chi connectivity index (χ0n) is 11.7. The molecule has 108 valence electrons. The van der Waals surface area contributed by atoms with Gasteiger partial charge in [0.25, 0.3) is 0 Å². The van der Waals surface area contributed by atoms with E-state index in [9.17, 15) is 9.59 Å². The van der Waals surface area contributed by atoms with Gasteiger partial charge in [-0.3, -0.25) is 9.59 Å². The van der Waals surface area contributed by atoms with Crippen LogP contribution in [0.1, 0.15) is 58.3 Å². The van der Waals surface area contributed by atoms with Gasteiger partial charge in [0, 0.05) is 12.0 Å². The van der Waals surface area contributed by atoms with Crippen LogP contribution in [0.4, 0.5) is 0 Å². The molecule has 0 spiro atoms. The predicted molar refractivity (Wildman–Crippen MR) is 72.6 cm³/mol. The number of amides is 1. The molecule has 0 radical (unpaired) electrons. The summed E-state index contributed by atoms with van der Waals surface area (Å²) in [4.78, 5) is 23.1. The van der Waals surface area contributed by atoms with Gasteiger partial charge in [-0.15, -0.1) is 0 Å². The number of carboxylic acid groups (broad SMARTS) is 1. The van der Waals surface area contributed by atoms with Gasteiger partial charge in [-0.2, -0.15) is 0 Å². The number of carbonyl (C=O) groups excluding carboxylic acids is 1. The minimum Gasteiger partial charge on any atom is -0.481 e. The standard InChI is InChI=1S/C15H25NO3/c1-10-3-2-4-13(8-5-10)16-14(17)11-6-7-12(9-11)15(18)19/h10-13H,2-9H2,1H3,(H,16,17)(H,18,19)/t10?,11-,12+,13?/m1/s1. The Morgan fingerprint density at radius 1 is 1.00 bits per heavy atom. The SMILES string of the molecule is CC1CCCC(NC(=O)[C@@H]2CC[C@H](C(=O)O)C2)CC1. The van der Waals surface area contributed by atoms with Crippen LogP contribution in [0.15, 0.2) is 0 Å². The second-order valence-corrected chi connectivity index (χ2v) is 6.36. The molecule has 2 aliphatic carbocycles. The fourth-order valence-corrected chi connectivity index (χ4v) is 3.39. The summed E-state index contributed by atoms with van der Waals surface area (Å²) in [5.41, 5.74) is 0. The van der Waals surface area contributed by atoms with Crippen molar-refractivity contribution in [3.63, 3.8) is 0 Å². The molecule has 4 heteroatoms. The topological polar surface area (TPSA) is 66.4 Å². The van der Waals surface area contributed by atoms with Crippen LogP contribution in [-0.2, 0) is 9.59 Å². The maximum Gasteiger partial charge on any atom is 0.306 e. The van der Waals surface area contributed by atoms with E-state index in [2.05, 4.69) is 12.2 Å². The normalized spacial score (nSPS) is 35.6. The van der Waals surface area contributed by atoms with Crippen molar-refractivity contribution in [3.8, 4) is 0 Å². The summed E-state index contributed by atoms with van der Waals surface area (Å²) in [5.74, 6) is -0.293. The van der Waals surface area contributed by atoms with Gasteiger partial charge in [-0.05, 0) is 44.4 Å². The average molecular weight is 267 g/mol. The third-order valence-corrected chi connectivity index (χ3v) is 4.76. The highest BCUT2D eigenvalue weighted by Gasteiger charge is 2.34. The van der Waals surface area contributed by atoms with Gasteiger partial charge in [0.2, 0.25) is 5.91 Å². The minimum atomic E-state index is -0.751. The smallest absolute Gasteiger partial charge is 0.306 e. The summed E-state index contributed by atoms with van der Waals surface area (Å²) in [6.45, 7) is 2.28. The lowest BCUT2D eigenvalue weighted by atomic mass is 10.0. The van der Waals surface area contributed by atoms with Crippen molar-refractivity contribution in [2.75, 3.05) is 0 Å². The Kier molecular flexibility index (Phi) is 4.83. The first kappa shape index (κ1) is 14.4. The first-order valence-electron chi connectivity index (χ1n) is 7.59. The number of nitrogens with one attached hydrogen (secondary N) is 1.